The standard InChI is InChI=1S/C15H23NO3/c1-11-6-7-14(12(2)10-11)19-13(3)15(17)16-8-5-9-18-4/h6-7,10,13H,5,8-9H2,1-4H3,(H,16,17)/t13-/m1/s1. The largest absolute Gasteiger partial charge is 0.481 e. The van der Waals surface area contributed by atoms with E-state index in [4.69, 9.17) is 9.47 Å². The molecule has 1 atom stereocenters. The molecule has 1 aromatic rings. The molecule has 1 N–H and O–H groups in total. The first kappa shape index (κ1) is 15.5. The monoisotopic (exact) mass is 265 g/mol. The second-order valence-corrected chi connectivity index (χ2v) is 4.67. The van der Waals surface area contributed by atoms with Crippen LogP contribution in [0.4, 0.5) is 0 Å². The minimum absolute atomic E-state index is 0.101. The molecule has 1 rings (SSSR count). The van der Waals surface area contributed by atoms with Gasteiger partial charge in [-0.2, -0.15) is 0 Å². The number of hydrogen-bond acceptors (Lipinski definition) is 3. The minimum atomic E-state index is -0.496. The Morgan fingerprint density at radius 2 is 2.11 bits per heavy atom. The number of carbonyl (C=O) groups excluding carboxylic acids is 1. The summed E-state index contributed by atoms with van der Waals surface area (Å²) in [5.41, 5.74) is 2.22. The number of hydrogen-bond donors (Lipinski definition) is 1. The van der Waals surface area contributed by atoms with Gasteiger partial charge in [0, 0.05) is 20.3 Å². The number of rotatable bonds is 7. The molecular formula is C15H23NO3. The molecule has 0 aliphatic rings. The molecule has 0 saturated carbocycles. The third-order valence-corrected chi connectivity index (χ3v) is 2.83. The summed E-state index contributed by atoms with van der Waals surface area (Å²) in [5, 5.41) is 2.82. The summed E-state index contributed by atoms with van der Waals surface area (Å²) in [4.78, 5) is 11.8. The van der Waals surface area contributed by atoms with E-state index in [1.54, 1.807) is 14.0 Å². The lowest BCUT2D eigenvalue weighted by Crippen LogP contribution is -2.37. The predicted molar refractivity (Wildman–Crippen MR) is 75.5 cm³/mol. The van der Waals surface area contributed by atoms with Gasteiger partial charge < -0.3 is 14.8 Å². The number of methoxy groups -OCH3 is 1. The van der Waals surface area contributed by atoms with Crippen molar-refractivity contribution in [2.45, 2.75) is 33.3 Å². The van der Waals surface area contributed by atoms with Gasteiger partial charge in [0.15, 0.2) is 6.10 Å². The lowest BCUT2D eigenvalue weighted by molar-refractivity contribution is -0.127. The number of ether oxygens (including phenoxy) is 2. The fraction of sp³-hybridized carbons (Fsp3) is 0.533. The van der Waals surface area contributed by atoms with E-state index in [9.17, 15) is 4.79 Å². The van der Waals surface area contributed by atoms with Gasteiger partial charge in [0.1, 0.15) is 5.75 Å². The van der Waals surface area contributed by atoms with Gasteiger partial charge in [-0.3, -0.25) is 4.79 Å². The summed E-state index contributed by atoms with van der Waals surface area (Å²) in [5.74, 6) is 0.654. The Morgan fingerprint density at radius 3 is 2.74 bits per heavy atom. The highest BCUT2D eigenvalue weighted by atomic mass is 16.5. The third-order valence-electron chi connectivity index (χ3n) is 2.83. The van der Waals surface area contributed by atoms with E-state index in [2.05, 4.69) is 5.32 Å². The van der Waals surface area contributed by atoms with Gasteiger partial charge in [-0.25, -0.2) is 0 Å². The van der Waals surface area contributed by atoms with Gasteiger partial charge in [0.25, 0.3) is 5.91 Å². The summed E-state index contributed by atoms with van der Waals surface area (Å²) >= 11 is 0. The van der Waals surface area contributed by atoms with Crippen molar-refractivity contribution in [2.75, 3.05) is 20.3 Å². The Bertz CT molecular complexity index is 418. The Morgan fingerprint density at radius 1 is 1.37 bits per heavy atom. The molecule has 106 valence electrons. The highest BCUT2D eigenvalue weighted by Crippen LogP contribution is 2.19. The predicted octanol–water partition coefficient (Wildman–Crippen LogP) is 2.22. The number of aryl methyl sites for hydroxylation is 2. The zero-order valence-corrected chi connectivity index (χ0v) is 12.2. The molecule has 19 heavy (non-hydrogen) atoms. The van der Waals surface area contributed by atoms with Gasteiger partial charge in [-0.15, -0.1) is 0 Å². The smallest absolute Gasteiger partial charge is 0.260 e. The maximum absolute atomic E-state index is 11.8. The summed E-state index contributed by atoms with van der Waals surface area (Å²) in [6, 6.07) is 5.92. The van der Waals surface area contributed by atoms with Gasteiger partial charge in [-0.1, -0.05) is 17.7 Å². The number of benzene rings is 1. The molecule has 0 aliphatic carbocycles. The average molecular weight is 265 g/mol. The zero-order chi connectivity index (χ0) is 14.3. The maximum atomic E-state index is 11.8. The van der Waals surface area contributed by atoms with E-state index < -0.39 is 6.10 Å². The molecule has 0 fully saturated rings. The van der Waals surface area contributed by atoms with Crippen LogP contribution >= 0.6 is 0 Å². The molecule has 0 unspecified atom stereocenters. The molecule has 0 aliphatic heterocycles. The van der Waals surface area contributed by atoms with Gasteiger partial charge in [-0.05, 0) is 38.8 Å². The van der Waals surface area contributed by atoms with Crippen LogP contribution in [-0.2, 0) is 9.53 Å². The summed E-state index contributed by atoms with van der Waals surface area (Å²) in [6.45, 7) is 7.01. The fourth-order valence-corrected chi connectivity index (χ4v) is 1.75. The first-order valence-electron chi connectivity index (χ1n) is 6.55. The average Bonchev–Trinajstić information content (AvgIpc) is 2.37. The van der Waals surface area contributed by atoms with Crippen molar-refractivity contribution in [3.05, 3.63) is 29.3 Å². The molecule has 0 aromatic heterocycles. The molecule has 1 amide bonds. The summed E-state index contributed by atoms with van der Waals surface area (Å²) in [7, 11) is 1.65. The van der Waals surface area contributed by atoms with Crippen molar-refractivity contribution >= 4 is 5.91 Å². The normalized spacial score (nSPS) is 12.0. The minimum Gasteiger partial charge on any atom is -0.481 e. The van der Waals surface area contributed by atoms with E-state index in [-0.39, 0.29) is 5.91 Å². The fourth-order valence-electron chi connectivity index (χ4n) is 1.75. The Balaban J connectivity index is 2.45. The van der Waals surface area contributed by atoms with Crippen molar-refractivity contribution in [3.63, 3.8) is 0 Å². The molecule has 0 heterocycles. The van der Waals surface area contributed by atoms with Crippen LogP contribution in [0.25, 0.3) is 0 Å². The third kappa shape index (κ3) is 5.30. The molecule has 0 bridgehead atoms. The van der Waals surface area contributed by atoms with Crippen molar-refractivity contribution in [3.8, 4) is 5.75 Å². The van der Waals surface area contributed by atoms with Crippen LogP contribution in [0.15, 0.2) is 18.2 Å². The lowest BCUT2D eigenvalue weighted by atomic mass is 10.1. The van der Waals surface area contributed by atoms with Crippen molar-refractivity contribution in [1.29, 1.82) is 0 Å². The van der Waals surface area contributed by atoms with E-state index in [0.29, 0.717) is 13.2 Å². The maximum Gasteiger partial charge on any atom is 0.260 e. The topological polar surface area (TPSA) is 47.6 Å². The molecule has 0 radical (unpaired) electrons. The molecule has 1 aromatic carbocycles. The van der Waals surface area contributed by atoms with Crippen molar-refractivity contribution in [1.82, 2.24) is 5.32 Å². The quantitative estimate of drug-likeness (QED) is 0.769. The Hall–Kier alpha value is -1.55. The molecule has 0 saturated heterocycles. The Labute approximate surface area is 115 Å². The lowest BCUT2D eigenvalue weighted by Gasteiger charge is -2.16. The van der Waals surface area contributed by atoms with Gasteiger partial charge >= 0.3 is 0 Å². The van der Waals surface area contributed by atoms with Crippen LogP contribution in [0, 0.1) is 13.8 Å². The first-order valence-corrected chi connectivity index (χ1v) is 6.55. The van der Waals surface area contributed by atoms with Crippen LogP contribution in [0.1, 0.15) is 24.5 Å². The van der Waals surface area contributed by atoms with E-state index in [1.165, 1.54) is 5.56 Å². The van der Waals surface area contributed by atoms with E-state index in [1.807, 2.05) is 32.0 Å². The molecule has 4 nitrogen and oxygen atoms in total. The highest BCUT2D eigenvalue weighted by molar-refractivity contribution is 5.80. The van der Waals surface area contributed by atoms with Gasteiger partial charge in [0.05, 0.1) is 0 Å². The molecular weight excluding hydrogens is 242 g/mol. The van der Waals surface area contributed by atoms with Crippen molar-refractivity contribution in [2.24, 2.45) is 0 Å². The highest BCUT2D eigenvalue weighted by Gasteiger charge is 2.14. The number of carbonyl (C=O) groups is 1. The van der Waals surface area contributed by atoms with Crippen LogP contribution < -0.4 is 10.1 Å². The first-order chi connectivity index (χ1) is 9.04. The summed E-state index contributed by atoms with van der Waals surface area (Å²) in [6.07, 6.45) is 0.308. The van der Waals surface area contributed by atoms with Crippen LogP contribution in [0.5, 0.6) is 5.75 Å². The van der Waals surface area contributed by atoms with Crippen LogP contribution in [0.3, 0.4) is 0 Å². The van der Waals surface area contributed by atoms with Crippen molar-refractivity contribution < 1.29 is 14.3 Å². The van der Waals surface area contributed by atoms with E-state index in [0.717, 1.165) is 17.7 Å². The second kappa shape index (κ2) is 7.79. The van der Waals surface area contributed by atoms with E-state index >= 15 is 0 Å². The van der Waals surface area contributed by atoms with Gasteiger partial charge in [0.2, 0.25) is 0 Å². The van der Waals surface area contributed by atoms with Crippen LogP contribution in [0.2, 0.25) is 0 Å². The zero-order valence-electron chi connectivity index (χ0n) is 12.2. The number of nitrogens with one attached hydrogen (secondary N) is 1. The molecule has 0 spiro atoms. The van der Waals surface area contributed by atoms with Crippen LogP contribution in [-0.4, -0.2) is 32.3 Å². The SMILES string of the molecule is COCCCNC(=O)[C@@H](C)Oc1ccc(C)cc1C. The number of amides is 1. The summed E-state index contributed by atoms with van der Waals surface area (Å²) < 4.78 is 10.6. The second-order valence-electron chi connectivity index (χ2n) is 4.67. The Kier molecular flexibility index (Phi) is 6.36. The molecule has 4 heteroatoms.